The van der Waals surface area contributed by atoms with E-state index in [1.807, 2.05) is 11.9 Å². The molecule has 2 aliphatic rings. The van der Waals surface area contributed by atoms with E-state index in [0.29, 0.717) is 18.3 Å². The molecule has 0 amide bonds. The Morgan fingerprint density at radius 3 is 2.68 bits per heavy atom. The molecule has 0 N–H and O–H groups in total. The Bertz CT molecular complexity index is 831. The highest BCUT2D eigenvalue weighted by atomic mass is 19.4. The van der Waals surface area contributed by atoms with Crippen LogP contribution in [0, 0.1) is 5.92 Å². The zero-order valence-corrected chi connectivity index (χ0v) is 15.9. The molecule has 1 aliphatic carbocycles. The summed E-state index contributed by atoms with van der Waals surface area (Å²) < 4.78 is 38.8. The smallest absolute Gasteiger partial charge is 0.359 e. The number of alkyl halides is 3. The van der Waals surface area contributed by atoms with Crippen LogP contribution in [0.3, 0.4) is 0 Å². The lowest BCUT2D eigenvalue weighted by Gasteiger charge is -2.35. The van der Waals surface area contributed by atoms with Gasteiger partial charge in [0.1, 0.15) is 18.0 Å². The van der Waals surface area contributed by atoms with Gasteiger partial charge in [-0.25, -0.2) is 15.0 Å². The van der Waals surface area contributed by atoms with E-state index < -0.39 is 11.7 Å². The number of aryl methyl sites for hydroxylation is 1. The zero-order chi connectivity index (χ0) is 19.7. The first-order valence-electron chi connectivity index (χ1n) is 9.74. The van der Waals surface area contributed by atoms with E-state index in [1.165, 1.54) is 17.5 Å². The highest BCUT2D eigenvalue weighted by Crippen LogP contribution is 2.32. The highest BCUT2D eigenvalue weighted by molar-refractivity contribution is 5.50. The molecule has 5 nitrogen and oxygen atoms in total. The van der Waals surface area contributed by atoms with Gasteiger partial charge in [-0.1, -0.05) is 0 Å². The summed E-state index contributed by atoms with van der Waals surface area (Å²) >= 11 is 0. The second kappa shape index (κ2) is 7.56. The molecule has 150 valence electrons. The average Bonchev–Trinajstić information content (AvgIpc) is 3.17. The second-order valence-electron chi connectivity index (χ2n) is 7.69. The van der Waals surface area contributed by atoms with Crippen LogP contribution in [0.1, 0.15) is 36.1 Å². The summed E-state index contributed by atoms with van der Waals surface area (Å²) in [5.74, 6) is 1.87. The molecule has 0 atom stereocenters. The molecule has 4 rings (SSSR count). The summed E-state index contributed by atoms with van der Waals surface area (Å²) in [7, 11) is 1.81. The third-order valence-electron chi connectivity index (χ3n) is 5.76. The molecule has 2 aromatic heterocycles. The topological polar surface area (TPSA) is 45.2 Å². The van der Waals surface area contributed by atoms with Crippen molar-refractivity contribution in [1.29, 1.82) is 0 Å². The van der Waals surface area contributed by atoms with Crippen molar-refractivity contribution in [1.82, 2.24) is 15.0 Å². The fraction of sp³-hybridized carbons (Fsp3) is 0.550. The number of nitrogens with zero attached hydrogens (tertiary/aromatic N) is 5. The molecule has 0 aromatic carbocycles. The standard InChI is InChI=1S/C20H24F3N5/c1-27(18-11-15(5-8-24-18)20(21,22)23)12-14-6-9-28(10-7-14)19-16-3-2-4-17(16)25-13-26-19/h5,8,11,13-14H,2-4,6-7,9-10,12H2,1H3. The van der Waals surface area contributed by atoms with Crippen LogP contribution in [0.25, 0.3) is 0 Å². The number of pyridine rings is 1. The first-order chi connectivity index (χ1) is 13.4. The van der Waals surface area contributed by atoms with Gasteiger partial charge in [0.2, 0.25) is 0 Å². The van der Waals surface area contributed by atoms with E-state index in [4.69, 9.17) is 0 Å². The van der Waals surface area contributed by atoms with E-state index in [-0.39, 0.29) is 0 Å². The minimum absolute atomic E-state index is 0.367. The molecule has 0 bridgehead atoms. The van der Waals surface area contributed by atoms with Gasteiger partial charge in [-0.2, -0.15) is 13.2 Å². The Morgan fingerprint density at radius 2 is 1.93 bits per heavy atom. The third-order valence-corrected chi connectivity index (χ3v) is 5.76. The lowest BCUT2D eigenvalue weighted by atomic mass is 9.96. The van der Waals surface area contributed by atoms with Gasteiger partial charge in [0.05, 0.1) is 5.56 Å². The minimum atomic E-state index is -4.35. The van der Waals surface area contributed by atoms with Gasteiger partial charge in [0, 0.05) is 44.1 Å². The highest BCUT2D eigenvalue weighted by Gasteiger charge is 2.31. The van der Waals surface area contributed by atoms with Gasteiger partial charge in [-0.05, 0) is 50.2 Å². The van der Waals surface area contributed by atoms with Crippen molar-refractivity contribution < 1.29 is 13.2 Å². The first kappa shape index (κ1) is 19.0. The van der Waals surface area contributed by atoms with E-state index in [2.05, 4.69) is 19.9 Å². The molecule has 0 unspecified atom stereocenters. The Labute approximate surface area is 162 Å². The summed E-state index contributed by atoms with van der Waals surface area (Å²) in [6.45, 7) is 2.53. The van der Waals surface area contributed by atoms with E-state index in [0.717, 1.165) is 63.1 Å². The van der Waals surface area contributed by atoms with Crippen molar-refractivity contribution in [3.8, 4) is 0 Å². The fourth-order valence-electron chi connectivity index (χ4n) is 4.23. The fourth-order valence-corrected chi connectivity index (χ4v) is 4.23. The largest absolute Gasteiger partial charge is 0.416 e. The molecule has 1 aliphatic heterocycles. The van der Waals surface area contributed by atoms with Gasteiger partial charge < -0.3 is 9.80 Å². The number of hydrogen-bond acceptors (Lipinski definition) is 5. The normalized spacial score (nSPS) is 17.6. The summed E-state index contributed by atoms with van der Waals surface area (Å²) in [5, 5.41) is 0. The number of piperidine rings is 1. The average molecular weight is 391 g/mol. The maximum absolute atomic E-state index is 12.9. The molecule has 0 radical (unpaired) electrons. The number of anilines is 2. The minimum Gasteiger partial charge on any atom is -0.359 e. The van der Waals surface area contributed by atoms with Gasteiger partial charge in [-0.3, -0.25) is 0 Å². The molecule has 2 aromatic rings. The van der Waals surface area contributed by atoms with Crippen LogP contribution < -0.4 is 9.80 Å². The molecule has 3 heterocycles. The molecule has 0 saturated carbocycles. The lowest BCUT2D eigenvalue weighted by molar-refractivity contribution is -0.137. The summed E-state index contributed by atoms with van der Waals surface area (Å²) in [5.41, 5.74) is 1.82. The number of hydrogen-bond donors (Lipinski definition) is 0. The van der Waals surface area contributed by atoms with Crippen molar-refractivity contribution in [2.45, 2.75) is 38.3 Å². The van der Waals surface area contributed by atoms with Gasteiger partial charge in [-0.15, -0.1) is 0 Å². The van der Waals surface area contributed by atoms with Crippen LogP contribution in [0.15, 0.2) is 24.7 Å². The van der Waals surface area contributed by atoms with E-state index >= 15 is 0 Å². The van der Waals surface area contributed by atoms with E-state index in [9.17, 15) is 13.2 Å². The maximum Gasteiger partial charge on any atom is 0.416 e. The molecule has 8 heteroatoms. The van der Waals surface area contributed by atoms with Crippen LogP contribution in [0.2, 0.25) is 0 Å². The van der Waals surface area contributed by atoms with E-state index in [1.54, 1.807) is 6.33 Å². The molecule has 1 saturated heterocycles. The lowest BCUT2D eigenvalue weighted by Crippen LogP contribution is -2.39. The number of halogens is 3. The van der Waals surface area contributed by atoms with Crippen molar-refractivity contribution >= 4 is 11.6 Å². The maximum atomic E-state index is 12.9. The Hall–Kier alpha value is -2.38. The van der Waals surface area contributed by atoms with Crippen LogP contribution in [-0.4, -0.2) is 41.6 Å². The number of aromatic nitrogens is 3. The summed E-state index contributed by atoms with van der Waals surface area (Å²) in [6.07, 6.45) is 3.76. The zero-order valence-electron chi connectivity index (χ0n) is 15.9. The van der Waals surface area contributed by atoms with Crippen LogP contribution in [-0.2, 0) is 19.0 Å². The summed E-state index contributed by atoms with van der Waals surface area (Å²) in [6, 6.07) is 2.13. The third kappa shape index (κ3) is 3.91. The van der Waals surface area contributed by atoms with Gasteiger partial charge in [0.25, 0.3) is 0 Å². The second-order valence-corrected chi connectivity index (χ2v) is 7.69. The van der Waals surface area contributed by atoms with Crippen LogP contribution in [0.4, 0.5) is 24.8 Å². The number of fused-ring (bicyclic) bond motifs is 1. The molecule has 28 heavy (non-hydrogen) atoms. The van der Waals surface area contributed by atoms with Gasteiger partial charge in [0.15, 0.2) is 0 Å². The van der Waals surface area contributed by atoms with Gasteiger partial charge >= 0.3 is 6.18 Å². The van der Waals surface area contributed by atoms with Crippen molar-refractivity contribution in [2.24, 2.45) is 5.92 Å². The SMILES string of the molecule is CN(CC1CCN(c2ncnc3c2CCC3)CC1)c1cc(C(F)(F)F)ccn1. The van der Waals surface area contributed by atoms with Crippen molar-refractivity contribution in [3.63, 3.8) is 0 Å². The predicted octanol–water partition coefficient (Wildman–Crippen LogP) is 3.73. The predicted molar refractivity (Wildman–Crippen MR) is 102 cm³/mol. The Balaban J connectivity index is 1.37. The quantitative estimate of drug-likeness (QED) is 0.795. The molecule has 0 spiro atoms. The molecular weight excluding hydrogens is 367 g/mol. The Morgan fingerprint density at radius 1 is 1.14 bits per heavy atom. The van der Waals surface area contributed by atoms with Crippen LogP contribution in [0.5, 0.6) is 0 Å². The number of rotatable bonds is 4. The first-order valence-corrected chi connectivity index (χ1v) is 9.74. The molecule has 1 fully saturated rings. The van der Waals surface area contributed by atoms with Crippen LogP contribution >= 0.6 is 0 Å². The van der Waals surface area contributed by atoms with Crippen molar-refractivity contribution in [2.75, 3.05) is 36.5 Å². The van der Waals surface area contributed by atoms with Crippen molar-refractivity contribution in [3.05, 3.63) is 41.5 Å². The monoisotopic (exact) mass is 391 g/mol. The molecular formula is C20H24F3N5. The summed E-state index contributed by atoms with van der Waals surface area (Å²) in [4.78, 5) is 17.2. The Kier molecular flexibility index (Phi) is 5.12.